The third-order valence-electron chi connectivity index (χ3n) is 5.12. The summed E-state index contributed by atoms with van der Waals surface area (Å²) in [5.74, 6) is 1.76. The van der Waals surface area contributed by atoms with Crippen LogP contribution in [0.1, 0.15) is 31.5 Å². The highest BCUT2D eigenvalue weighted by Gasteiger charge is 2.32. The van der Waals surface area contributed by atoms with E-state index in [4.69, 9.17) is 20.9 Å². The molecule has 9 heteroatoms. The molecule has 0 amide bonds. The zero-order chi connectivity index (χ0) is 21.1. The first-order valence-corrected chi connectivity index (χ1v) is 11.6. The molecule has 1 saturated heterocycles. The third kappa shape index (κ3) is 4.35. The van der Waals surface area contributed by atoms with Gasteiger partial charge < -0.3 is 9.26 Å². The molecule has 2 aromatic carbocycles. The molecule has 1 fully saturated rings. The Kier molecular flexibility index (Phi) is 6.08. The summed E-state index contributed by atoms with van der Waals surface area (Å²) in [4.78, 5) is 4.78. The number of rotatable bonds is 6. The van der Waals surface area contributed by atoms with Gasteiger partial charge in [0.1, 0.15) is 5.75 Å². The van der Waals surface area contributed by atoms with Crippen LogP contribution in [0.5, 0.6) is 5.75 Å². The number of piperidine rings is 1. The van der Waals surface area contributed by atoms with Crippen LogP contribution >= 0.6 is 11.6 Å². The van der Waals surface area contributed by atoms with Crippen molar-refractivity contribution in [2.45, 2.75) is 30.6 Å². The molecule has 1 aliphatic heterocycles. The number of benzene rings is 2. The normalized spacial score (nSPS) is 15.9. The molecule has 0 spiro atoms. The lowest BCUT2D eigenvalue weighted by molar-refractivity contribution is 0.307. The summed E-state index contributed by atoms with van der Waals surface area (Å²) in [6, 6.07) is 13.7. The van der Waals surface area contributed by atoms with Crippen LogP contribution in [0.3, 0.4) is 0 Å². The zero-order valence-corrected chi connectivity index (χ0v) is 18.1. The van der Waals surface area contributed by atoms with E-state index in [1.807, 2.05) is 19.1 Å². The molecule has 0 saturated carbocycles. The van der Waals surface area contributed by atoms with Crippen LogP contribution in [0.15, 0.2) is 57.9 Å². The van der Waals surface area contributed by atoms with E-state index < -0.39 is 10.0 Å². The fraction of sp³-hybridized carbons (Fsp3) is 0.333. The number of hydrogen-bond donors (Lipinski definition) is 0. The van der Waals surface area contributed by atoms with Gasteiger partial charge in [-0.1, -0.05) is 16.8 Å². The lowest BCUT2D eigenvalue weighted by Crippen LogP contribution is -2.38. The van der Waals surface area contributed by atoms with Crippen LogP contribution in [-0.4, -0.2) is 42.6 Å². The summed E-state index contributed by atoms with van der Waals surface area (Å²) in [6.45, 7) is 3.24. The second kappa shape index (κ2) is 8.75. The molecule has 0 radical (unpaired) electrons. The fourth-order valence-electron chi connectivity index (χ4n) is 3.49. The van der Waals surface area contributed by atoms with Gasteiger partial charge in [0.15, 0.2) is 5.82 Å². The molecule has 30 heavy (non-hydrogen) atoms. The molecule has 0 aliphatic carbocycles. The van der Waals surface area contributed by atoms with Crippen LogP contribution < -0.4 is 4.74 Å². The third-order valence-corrected chi connectivity index (χ3v) is 7.29. The zero-order valence-electron chi connectivity index (χ0n) is 16.5. The van der Waals surface area contributed by atoms with Crippen molar-refractivity contribution in [3.63, 3.8) is 0 Å². The van der Waals surface area contributed by atoms with E-state index in [0.717, 1.165) is 5.56 Å². The summed E-state index contributed by atoms with van der Waals surface area (Å²) in [5.41, 5.74) is 0.800. The Balaban J connectivity index is 1.41. The first-order valence-electron chi connectivity index (χ1n) is 9.80. The number of sulfonamides is 1. The van der Waals surface area contributed by atoms with Crippen molar-refractivity contribution < 1.29 is 17.7 Å². The van der Waals surface area contributed by atoms with Crippen molar-refractivity contribution in [2.24, 2.45) is 0 Å². The van der Waals surface area contributed by atoms with Gasteiger partial charge in [0.2, 0.25) is 10.0 Å². The first kappa shape index (κ1) is 20.8. The maximum absolute atomic E-state index is 12.9. The summed E-state index contributed by atoms with van der Waals surface area (Å²) in [7, 11) is -3.54. The smallest absolute Gasteiger partial charge is 0.257 e. The van der Waals surface area contributed by atoms with E-state index in [1.54, 1.807) is 36.4 Å². The quantitative estimate of drug-likeness (QED) is 0.558. The number of aromatic nitrogens is 2. The molecule has 4 rings (SSSR count). The molecule has 0 unspecified atom stereocenters. The van der Waals surface area contributed by atoms with Gasteiger partial charge in [-0.05, 0) is 68.3 Å². The lowest BCUT2D eigenvalue weighted by atomic mass is 9.97. The minimum absolute atomic E-state index is 0.0570. The molecule has 3 aromatic rings. The summed E-state index contributed by atoms with van der Waals surface area (Å²) < 4.78 is 38.2. The summed E-state index contributed by atoms with van der Waals surface area (Å²) in [6.07, 6.45) is 1.27. The Bertz CT molecular complexity index is 1090. The van der Waals surface area contributed by atoms with Crippen molar-refractivity contribution in [1.29, 1.82) is 0 Å². The van der Waals surface area contributed by atoms with Gasteiger partial charge in [0, 0.05) is 29.6 Å². The second-order valence-corrected chi connectivity index (χ2v) is 9.42. The molecular formula is C21H22ClN3O4S. The molecule has 7 nitrogen and oxygen atoms in total. The van der Waals surface area contributed by atoms with Crippen molar-refractivity contribution in [2.75, 3.05) is 19.7 Å². The van der Waals surface area contributed by atoms with Crippen LogP contribution in [0, 0.1) is 0 Å². The molecule has 158 valence electrons. The average Bonchev–Trinajstić information content (AvgIpc) is 3.25. The molecular weight excluding hydrogens is 426 g/mol. The Morgan fingerprint density at radius 3 is 2.40 bits per heavy atom. The SMILES string of the molecule is CCOc1ccc(S(=O)(=O)N2CCC(c3noc(-c4ccc(Cl)cc4)n3)CC2)cc1. The maximum atomic E-state index is 12.9. The number of halogens is 1. The summed E-state index contributed by atoms with van der Waals surface area (Å²) >= 11 is 5.92. The number of hydrogen-bond acceptors (Lipinski definition) is 6. The highest BCUT2D eigenvalue weighted by atomic mass is 35.5. The van der Waals surface area contributed by atoms with E-state index in [-0.39, 0.29) is 10.8 Å². The lowest BCUT2D eigenvalue weighted by Gasteiger charge is -2.29. The van der Waals surface area contributed by atoms with Crippen LogP contribution in [0.25, 0.3) is 11.5 Å². The van der Waals surface area contributed by atoms with Crippen molar-refractivity contribution in [3.8, 4) is 17.2 Å². The van der Waals surface area contributed by atoms with Crippen LogP contribution in [-0.2, 0) is 10.0 Å². The van der Waals surface area contributed by atoms with Crippen molar-refractivity contribution >= 4 is 21.6 Å². The minimum Gasteiger partial charge on any atom is -0.494 e. The standard InChI is InChI=1S/C21H22ClN3O4S/c1-2-28-18-7-9-19(10-8-18)30(26,27)25-13-11-15(12-14-25)20-23-21(29-24-20)16-3-5-17(22)6-4-16/h3-10,15H,2,11-14H2,1H3. The Hall–Kier alpha value is -2.42. The number of nitrogens with zero attached hydrogens (tertiary/aromatic N) is 3. The van der Waals surface area contributed by atoms with Gasteiger partial charge in [-0.15, -0.1) is 0 Å². The van der Waals surface area contributed by atoms with Gasteiger partial charge in [0.05, 0.1) is 11.5 Å². The number of ether oxygens (including phenoxy) is 1. The minimum atomic E-state index is -3.54. The van der Waals surface area contributed by atoms with E-state index in [0.29, 0.717) is 55.0 Å². The monoisotopic (exact) mass is 447 g/mol. The molecule has 1 aromatic heterocycles. The van der Waals surface area contributed by atoms with Crippen molar-refractivity contribution in [1.82, 2.24) is 14.4 Å². The van der Waals surface area contributed by atoms with Gasteiger partial charge in [-0.2, -0.15) is 9.29 Å². The van der Waals surface area contributed by atoms with Crippen LogP contribution in [0.4, 0.5) is 0 Å². The highest BCUT2D eigenvalue weighted by Crippen LogP contribution is 2.31. The highest BCUT2D eigenvalue weighted by molar-refractivity contribution is 7.89. The first-order chi connectivity index (χ1) is 14.5. The van der Waals surface area contributed by atoms with Crippen LogP contribution in [0.2, 0.25) is 5.02 Å². The predicted octanol–water partition coefficient (Wildman–Crippen LogP) is 4.36. The molecule has 0 atom stereocenters. The predicted molar refractivity (Wildman–Crippen MR) is 113 cm³/mol. The van der Waals surface area contributed by atoms with Gasteiger partial charge in [-0.3, -0.25) is 0 Å². The van der Waals surface area contributed by atoms with Gasteiger partial charge >= 0.3 is 0 Å². The average molecular weight is 448 g/mol. The van der Waals surface area contributed by atoms with E-state index >= 15 is 0 Å². The molecule has 2 heterocycles. The Morgan fingerprint density at radius 1 is 1.10 bits per heavy atom. The fourth-order valence-corrected chi connectivity index (χ4v) is 5.08. The molecule has 0 N–H and O–H groups in total. The maximum Gasteiger partial charge on any atom is 0.257 e. The largest absolute Gasteiger partial charge is 0.494 e. The Morgan fingerprint density at radius 2 is 1.77 bits per heavy atom. The molecule has 0 bridgehead atoms. The Labute approximate surface area is 180 Å². The second-order valence-electron chi connectivity index (χ2n) is 7.05. The van der Waals surface area contributed by atoms with Crippen molar-refractivity contribution in [3.05, 3.63) is 59.4 Å². The van der Waals surface area contributed by atoms with Gasteiger partial charge in [-0.25, -0.2) is 8.42 Å². The topological polar surface area (TPSA) is 85.5 Å². The molecule has 1 aliphatic rings. The van der Waals surface area contributed by atoms with E-state index in [2.05, 4.69) is 10.1 Å². The van der Waals surface area contributed by atoms with Gasteiger partial charge in [0.25, 0.3) is 5.89 Å². The summed E-state index contributed by atoms with van der Waals surface area (Å²) in [5, 5.41) is 4.75. The van der Waals surface area contributed by atoms with E-state index in [9.17, 15) is 8.42 Å². The van der Waals surface area contributed by atoms with E-state index in [1.165, 1.54) is 4.31 Å².